The zero-order valence-electron chi connectivity index (χ0n) is 33.9. The molecular formula is C45H21BF20OS. The van der Waals surface area contributed by atoms with Crippen LogP contribution in [-0.4, -0.2) is 13.3 Å². The fourth-order valence-electron chi connectivity index (χ4n) is 7.34. The molecule has 0 aromatic heterocycles. The number of ether oxygens (including phenoxy) is 1. The summed E-state index contributed by atoms with van der Waals surface area (Å²) < 4.78 is 299. The second kappa shape index (κ2) is 19.2. The largest absolute Gasteiger partial charge is 0.497 e. The van der Waals surface area contributed by atoms with Crippen LogP contribution in [0.2, 0.25) is 0 Å². The monoisotopic (exact) mass is 1000 g/mol. The Hall–Kier alpha value is -6.65. The van der Waals surface area contributed by atoms with Gasteiger partial charge in [0.1, 0.15) is 58.4 Å². The summed E-state index contributed by atoms with van der Waals surface area (Å²) in [6.45, 7) is 4.25. The molecule has 0 saturated carbocycles. The summed E-state index contributed by atoms with van der Waals surface area (Å²) in [5, 5.41) is 0. The van der Waals surface area contributed by atoms with E-state index in [2.05, 4.69) is 74.5 Å². The van der Waals surface area contributed by atoms with Gasteiger partial charge in [-0.05, 0) is 62.4 Å². The van der Waals surface area contributed by atoms with E-state index in [1.54, 1.807) is 7.11 Å². The number of hydrogen-bond acceptors (Lipinski definition) is 1. The Morgan fingerprint density at radius 1 is 0.279 bits per heavy atom. The molecular weight excluding hydrogens is 979 g/mol. The van der Waals surface area contributed by atoms with Crippen molar-refractivity contribution < 1.29 is 92.5 Å². The van der Waals surface area contributed by atoms with Crippen molar-refractivity contribution in [3.8, 4) is 5.75 Å². The van der Waals surface area contributed by atoms with Crippen LogP contribution in [-0.2, 0) is 10.9 Å². The molecule has 0 atom stereocenters. The van der Waals surface area contributed by atoms with Gasteiger partial charge in [0.15, 0.2) is 84.5 Å². The molecule has 0 aliphatic carbocycles. The molecule has 0 N–H and O–H groups in total. The quantitative estimate of drug-likeness (QED) is 0.0485. The van der Waals surface area contributed by atoms with Crippen LogP contribution >= 0.6 is 0 Å². The second-order valence-corrected chi connectivity index (χ2v) is 16.4. The van der Waals surface area contributed by atoms with Gasteiger partial charge < -0.3 is 4.74 Å². The molecule has 0 unspecified atom stereocenters. The fraction of sp³-hybridized carbons (Fsp3) is 0.0667. The summed E-state index contributed by atoms with van der Waals surface area (Å²) in [5.74, 6) is -70.5. The molecule has 7 rings (SSSR count). The summed E-state index contributed by atoms with van der Waals surface area (Å²) >= 11 is 0. The highest BCUT2D eigenvalue weighted by Gasteiger charge is 2.52. The lowest BCUT2D eigenvalue weighted by molar-refractivity contribution is 0.378. The Kier molecular flexibility index (Phi) is 14.3. The van der Waals surface area contributed by atoms with E-state index in [1.807, 2.05) is 12.1 Å². The van der Waals surface area contributed by atoms with Crippen molar-refractivity contribution >= 4 is 38.9 Å². The summed E-state index contributed by atoms with van der Waals surface area (Å²) in [6, 6.07) is 26.1. The number of benzene rings is 7. The smallest absolute Gasteiger partial charge is 0.200 e. The van der Waals surface area contributed by atoms with Gasteiger partial charge in [0.25, 0.3) is 0 Å². The second-order valence-electron chi connectivity index (χ2n) is 14.4. The van der Waals surface area contributed by atoms with E-state index in [4.69, 9.17) is 4.74 Å². The minimum atomic E-state index is -7.22. The third-order valence-corrected chi connectivity index (χ3v) is 12.7. The van der Waals surface area contributed by atoms with Crippen LogP contribution in [0, 0.1) is 130 Å². The molecule has 0 aliphatic heterocycles. The van der Waals surface area contributed by atoms with Gasteiger partial charge in [-0.15, -0.1) is 21.9 Å². The highest BCUT2D eigenvalue weighted by molar-refractivity contribution is 7.97. The first-order chi connectivity index (χ1) is 31.9. The zero-order valence-corrected chi connectivity index (χ0v) is 34.7. The van der Waals surface area contributed by atoms with Crippen LogP contribution in [0.15, 0.2) is 87.5 Å². The molecule has 0 amide bonds. The van der Waals surface area contributed by atoms with Crippen LogP contribution in [0.3, 0.4) is 0 Å². The van der Waals surface area contributed by atoms with E-state index in [1.165, 1.54) is 25.8 Å². The fourth-order valence-corrected chi connectivity index (χ4v) is 9.38. The third kappa shape index (κ3) is 8.16. The maximum Gasteiger partial charge on any atom is 0.200 e. The predicted octanol–water partition coefficient (Wildman–Crippen LogP) is 11.3. The lowest BCUT2D eigenvalue weighted by Gasteiger charge is -2.44. The van der Waals surface area contributed by atoms with Crippen LogP contribution in [0.4, 0.5) is 87.8 Å². The molecule has 0 radical (unpaired) electrons. The molecule has 0 aliphatic rings. The first kappa shape index (κ1) is 50.8. The van der Waals surface area contributed by atoms with Crippen molar-refractivity contribution in [3.05, 3.63) is 200 Å². The molecule has 23 heteroatoms. The Labute approximate surface area is 372 Å². The molecule has 356 valence electrons. The number of halogens is 20. The first-order valence-electron chi connectivity index (χ1n) is 18.6. The molecule has 0 saturated heterocycles. The van der Waals surface area contributed by atoms with Crippen molar-refractivity contribution in [2.75, 3.05) is 7.11 Å². The number of methoxy groups -OCH3 is 1. The van der Waals surface area contributed by atoms with Gasteiger partial charge in [-0.1, -0.05) is 35.4 Å². The van der Waals surface area contributed by atoms with Gasteiger partial charge in [-0.25, -0.2) is 87.8 Å². The maximum absolute atomic E-state index is 15.4. The van der Waals surface area contributed by atoms with Crippen LogP contribution in [0.1, 0.15) is 11.1 Å². The summed E-state index contributed by atoms with van der Waals surface area (Å²) in [7, 11) is 1.61. The van der Waals surface area contributed by atoms with Gasteiger partial charge in [0.05, 0.1) is 18.0 Å². The summed E-state index contributed by atoms with van der Waals surface area (Å²) in [4.78, 5) is 3.98. The highest BCUT2D eigenvalue weighted by Crippen LogP contribution is 2.34. The lowest BCUT2D eigenvalue weighted by Crippen LogP contribution is -2.81. The Morgan fingerprint density at radius 3 is 0.647 bits per heavy atom. The number of aryl methyl sites for hydroxylation is 2. The summed E-state index contributed by atoms with van der Waals surface area (Å²) in [6.07, 6.45) is -7.22. The van der Waals surface area contributed by atoms with E-state index >= 15 is 35.1 Å². The highest BCUT2D eigenvalue weighted by atomic mass is 32.2. The minimum Gasteiger partial charge on any atom is -0.497 e. The van der Waals surface area contributed by atoms with Gasteiger partial charge >= 0.3 is 0 Å². The van der Waals surface area contributed by atoms with Crippen LogP contribution < -0.4 is 26.6 Å². The molecule has 7 aromatic rings. The predicted molar refractivity (Wildman–Crippen MR) is 207 cm³/mol. The summed E-state index contributed by atoms with van der Waals surface area (Å²) in [5.41, 5.74) is -11.8. The third-order valence-electron chi connectivity index (χ3n) is 10.5. The van der Waals surface area contributed by atoms with Crippen LogP contribution in [0.25, 0.3) is 0 Å². The van der Waals surface area contributed by atoms with E-state index in [0.29, 0.717) is 0 Å². The molecule has 0 spiro atoms. The van der Waals surface area contributed by atoms with E-state index in [9.17, 15) is 52.7 Å². The molecule has 7 aromatic carbocycles. The van der Waals surface area contributed by atoms with Crippen LogP contribution in [0.5, 0.6) is 5.75 Å². The van der Waals surface area contributed by atoms with Crippen molar-refractivity contribution in [1.82, 2.24) is 0 Å². The average Bonchev–Trinajstić information content (AvgIpc) is 3.33. The van der Waals surface area contributed by atoms with Crippen molar-refractivity contribution in [2.24, 2.45) is 0 Å². The molecule has 0 heterocycles. The molecule has 0 bridgehead atoms. The SMILES string of the molecule is COc1ccc([S+](c2ccc(C)cc2)c2ccc(C)cc2)cc1.Fc1c(F)c(F)c([B-](c2c(F)c(F)c(F)c(F)c2F)(c2c(F)c(F)c(F)c(F)c2F)c2c(F)c(F)c(F)c(F)c2F)c(F)c1F. The topological polar surface area (TPSA) is 9.23 Å². The van der Waals surface area contributed by atoms with E-state index in [0.717, 1.165) is 5.75 Å². The Balaban J connectivity index is 0.000000276. The molecule has 68 heavy (non-hydrogen) atoms. The standard InChI is InChI=1S/C24BF20.C21H21OS/c26-5-1(6(27)14(35)21(42)13(5)34)25(2-7(28)15(36)22(43)16(37)8(2)29,3-9(30)17(38)23(44)18(39)10(3)31)4-11(32)19(40)24(45)20(41)12(4)33;1-16-4-10-19(11-5-16)23(20-12-6-17(2)7-13-20)21-14-8-18(22-3)9-15-21/h;4-15H,1-3H3/q-1;+1. The molecule has 0 fully saturated rings. The van der Waals surface area contributed by atoms with Gasteiger partial charge in [0.2, 0.25) is 0 Å². The molecule has 1 nitrogen and oxygen atoms in total. The maximum atomic E-state index is 15.4. The minimum absolute atomic E-state index is 0.0970. The van der Waals surface area contributed by atoms with Gasteiger partial charge in [-0.3, -0.25) is 0 Å². The lowest BCUT2D eigenvalue weighted by atomic mass is 9.12. The normalized spacial score (nSPS) is 11.6. The Morgan fingerprint density at radius 2 is 0.456 bits per heavy atom. The van der Waals surface area contributed by atoms with E-state index < -0.39 is 144 Å². The average molecular weight is 1000 g/mol. The first-order valence-corrected chi connectivity index (χ1v) is 19.8. The zero-order chi connectivity index (χ0) is 50.6. The Bertz CT molecular complexity index is 2680. The van der Waals surface area contributed by atoms with Crippen molar-refractivity contribution in [3.63, 3.8) is 0 Å². The van der Waals surface area contributed by atoms with Crippen molar-refractivity contribution in [2.45, 2.75) is 28.5 Å². The number of hydrogen-bond donors (Lipinski definition) is 0. The number of rotatable bonds is 8. The van der Waals surface area contributed by atoms with Crippen molar-refractivity contribution in [1.29, 1.82) is 0 Å². The van der Waals surface area contributed by atoms with E-state index in [-0.39, 0.29) is 10.9 Å². The van der Waals surface area contributed by atoms with Gasteiger partial charge in [0, 0.05) is 0 Å². The van der Waals surface area contributed by atoms with Gasteiger partial charge in [-0.2, -0.15) is 0 Å².